The summed E-state index contributed by atoms with van der Waals surface area (Å²) >= 11 is 1.65. The van der Waals surface area contributed by atoms with Crippen molar-refractivity contribution in [2.24, 2.45) is 0 Å². The first-order valence-corrected chi connectivity index (χ1v) is 11.0. The first-order chi connectivity index (χ1) is 14.7. The minimum atomic E-state index is -0.245. The van der Waals surface area contributed by atoms with Crippen molar-refractivity contribution < 1.29 is 14.3 Å². The maximum atomic E-state index is 11.8. The predicted octanol–water partition coefficient (Wildman–Crippen LogP) is 4.00. The van der Waals surface area contributed by atoms with Gasteiger partial charge in [0, 0.05) is 23.4 Å². The second-order valence-electron chi connectivity index (χ2n) is 6.99. The number of aromatic amines is 1. The molecule has 3 aromatic rings. The smallest absolute Gasteiger partial charge is 0.255 e. The van der Waals surface area contributed by atoms with Crippen LogP contribution in [0.25, 0.3) is 22.5 Å². The third kappa shape index (κ3) is 4.80. The molecule has 4 rings (SSSR count). The molecule has 0 unspecified atom stereocenters. The van der Waals surface area contributed by atoms with E-state index in [9.17, 15) is 9.59 Å². The molecule has 0 aliphatic carbocycles. The van der Waals surface area contributed by atoms with E-state index in [0.717, 1.165) is 46.3 Å². The molecule has 2 aromatic carbocycles. The highest BCUT2D eigenvalue weighted by Crippen LogP contribution is 2.32. The molecule has 1 aromatic heterocycles. The average Bonchev–Trinajstić information content (AvgIpc) is 3.21. The lowest BCUT2D eigenvalue weighted by atomic mass is 10.1. The fraction of sp³-hybridized carbons (Fsp3) is 0.261. The number of nitrogens with one attached hydrogen (secondary N) is 1. The van der Waals surface area contributed by atoms with Gasteiger partial charge in [0.25, 0.3) is 11.8 Å². The molecule has 2 heterocycles. The Balaban J connectivity index is 1.39. The number of imide groups is 1. The Kier molecular flexibility index (Phi) is 6.61. The summed E-state index contributed by atoms with van der Waals surface area (Å²) in [4.78, 5) is 33.1. The second kappa shape index (κ2) is 9.73. The molecule has 0 atom stereocenters. The number of ether oxygens (including phenoxy) is 1. The molecule has 1 fully saturated rings. The first kappa shape index (κ1) is 20.4. The lowest BCUT2D eigenvalue weighted by molar-refractivity contribution is -0.158. The number of hydrogen-bond acceptors (Lipinski definition) is 5. The number of amides is 2. The van der Waals surface area contributed by atoms with Gasteiger partial charge in [0.15, 0.2) is 5.16 Å². The molecule has 1 saturated heterocycles. The summed E-state index contributed by atoms with van der Waals surface area (Å²) in [6, 6.07) is 20.3. The molecule has 1 N–H and O–H groups in total. The van der Waals surface area contributed by atoms with Gasteiger partial charge in [-0.2, -0.15) is 0 Å². The van der Waals surface area contributed by atoms with E-state index in [-0.39, 0.29) is 25.0 Å². The van der Waals surface area contributed by atoms with E-state index in [1.54, 1.807) is 11.8 Å². The number of rotatable bonds is 8. The molecule has 0 bridgehead atoms. The fourth-order valence-corrected chi connectivity index (χ4v) is 4.22. The highest BCUT2D eigenvalue weighted by molar-refractivity contribution is 7.99. The third-order valence-electron chi connectivity index (χ3n) is 4.86. The molecule has 0 spiro atoms. The number of nitrogens with zero attached hydrogens (tertiary/aromatic N) is 2. The van der Waals surface area contributed by atoms with Crippen molar-refractivity contribution in [1.82, 2.24) is 14.9 Å². The van der Waals surface area contributed by atoms with Crippen LogP contribution in [0.5, 0.6) is 0 Å². The summed E-state index contributed by atoms with van der Waals surface area (Å²) in [5.41, 5.74) is 4.12. The van der Waals surface area contributed by atoms with E-state index in [4.69, 9.17) is 9.72 Å². The molecule has 0 saturated carbocycles. The summed E-state index contributed by atoms with van der Waals surface area (Å²) in [5, 5.41) is 0.867. The van der Waals surface area contributed by atoms with Gasteiger partial charge in [-0.25, -0.2) is 4.98 Å². The van der Waals surface area contributed by atoms with Crippen molar-refractivity contribution in [3.63, 3.8) is 0 Å². The van der Waals surface area contributed by atoms with Crippen molar-refractivity contribution in [2.75, 3.05) is 25.5 Å². The maximum absolute atomic E-state index is 11.8. The fourth-order valence-electron chi connectivity index (χ4n) is 3.35. The normalized spacial score (nSPS) is 14.3. The predicted molar refractivity (Wildman–Crippen MR) is 117 cm³/mol. The van der Waals surface area contributed by atoms with Gasteiger partial charge in [-0.3, -0.25) is 14.5 Å². The van der Waals surface area contributed by atoms with Crippen molar-refractivity contribution >= 4 is 23.6 Å². The summed E-state index contributed by atoms with van der Waals surface area (Å²) < 4.78 is 4.94. The number of benzene rings is 2. The highest BCUT2D eigenvalue weighted by Gasteiger charge is 2.25. The van der Waals surface area contributed by atoms with Crippen LogP contribution < -0.4 is 0 Å². The number of unbranched alkanes of at least 4 members (excludes halogenated alkanes) is 1. The quantitative estimate of drug-likeness (QED) is 0.338. The van der Waals surface area contributed by atoms with Gasteiger partial charge >= 0.3 is 0 Å². The first-order valence-electron chi connectivity index (χ1n) is 9.97. The summed E-state index contributed by atoms with van der Waals surface area (Å²) in [7, 11) is 0. The van der Waals surface area contributed by atoms with Gasteiger partial charge in [0.1, 0.15) is 13.2 Å². The van der Waals surface area contributed by atoms with Crippen molar-refractivity contribution in [2.45, 2.75) is 18.0 Å². The molecular formula is C23H23N3O3S. The average molecular weight is 422 g/mol. The second-order valence-corrected chi connectivity index (χ2v) is 8.07. The Morgan fingerprint density at radius 3 is 2.20 bits per heavy atom. The van der Waals surface area contributed by atoms with E-state index in [1.807, 2.05) is 36.4 Å². The van der Waals surface area contributed by atoms with Crippen LogP contribution in [0.15, 0.2) is 65.8 Å². The zero-order chi connectivity index (χ0) is 20.8. The summed E-state index contributed by atoms with van der Waals surface area (Å²) in [6.45, 7) is 0.444. The van der Waals surface area contributed by atoms with Crippen molar-refractivity contribution in [3.05, 3.63) is 60.7 Å². The molecule has 154 valence electrons. The van der Waals surface area contributed by atoms with E-state index in [2.05, 4.69) is 29.2 Å². The van der Waals surface area contributed by atoms with E-state index >= 15 is 0 Å². The molecule has 0 radical (unpaired) electrons. The van der Waals surface area contributed by atoms with Crippen LogP contribution in [0.1, 0.15) is 12.8 Å². The van der Waals surface area contributed by atoms with Crippen LogP contribution in [-0.4, -0.2) is 52.2 Å². The Morgan fingerprint density at radius 2 is 1.53 bits per heavy atom. The number of aromatic nitrogens is 2. The molecule has 7 heteroatoms. The Labute approximate surface area is 179 Å². The monoisotopic (exact) mass is 421 g/mol. The molecule has 1 aliphatic heterocycles. The van der Waals surface area contributed by atoms with Gasteiger partial charge in [0.2, 0.25) is 0 Å². The van der Waals surface area contributed by atoms with Crippen LogP contribution in [0.2, 0.25) is 0 Å². The van der Waals surface area contributed by atoms with Gasteiger partial charge < -0.3 is 9.72 Å². The van der Waals surface area contributed by atoms with Crippen LogP contribution in [0.3, 0.4) is 0 Å². The lowest BCUT2D eigenvalue weighted by Gasteiger charge is -2.24. The number of carbonyl (C=O) groups is 2. The minimum Gasteiger partial charge on any atom is -0.362 e. The van der Waals surface area contributed by atoms with Crippen LogP contribution >= 0.6 is 11.8 Å². The van der Waals surface area contributed by atoms with Crippen LogP contribution in [-0.2, 0) is 14.3 Å². The molecule has 6 nitrogen and oxygen atoms in total. The Hall–Kier alpha value is -2.90. The zero-order valence-corrected chi connectivity index (χ0v) is 17.4. The number of thioether (sulfide) groups is 1. The van der Waals surface area contributed by atoms with Gasteiger partial charge in [0.05, 0.1) is 11.4 Å². The summed E-state index contributed by atoms with van der Waals surface area (Å²) in [6.07, 6.45) is 1.65. The standard InChI is InChI=1S/C23H23N3O3S/c27-19-15-29-16-20(28)26(19)13-7-8-14-30-23-24-21(17-9-3-1-4-10-17)22(25-23)18-11-5-2-6-12-18/h1-6,9-12H,7-8,13-16H2,(H,24,25). The highest BCUT2D eigenvalue weighted by atomic mass is 32.2. The van der Waals surface area contributed by atoms with Gasteiger partial charge in [-0.05, 0) is 12.8 Å². The lowest BCUT2D eigenvalue weighted by Crippen LogP contribution is -2.46. The number of carbonyl (C=O) groups excluding carboxylic acids is 2. The van der Waals surface area contributed by atoms with E-state index < -0.39 is 0 Å². The zero-order valence-electron chi connectivity index (χ0n) is 16.5. The molecule has 1 aliphatic rings. The SMILES string of the molecule is O=C1COCC(=O)N1CCCCSc1nc(-c2ccccc2)c(-c2ccccc2)[nH]1. The molecule has 2 amide bonds. The van der Waals surface area contributed by atoms with Crippen molar-refractivity contribution in [1.29, 1.82) is 0 Å². The van der Waals surface area contributed by atoms with Crippen LogP contribution in [0, 0.1) is 0 Å². The largest absolute Gasteiger partial charge is 0.362 e. The number of hydrogen-bond donors (Lipinski definition) is 1. The number of morpholine rings is 1. The maximum Gasteiger partial charge on any atom is 0.255 e. The minimum absolute atomic E-state index is 0.00257. The topological polar surface area (TPSA) is 75.3 Å². The van der Waals surface area contributed by atoms with Gasteiger partial charge in [-0.1, -0.05) is 72.4 Å². The van der Waals surface area contributed by atoms with E-state index in [1.165, 1.54) is 4.90 Å². The van der Waals surface area contributed by atoms with Crippen molar-refractivity contribution in [3.8, 4) is 22.5 Å². The molecule has 30 heavy (non-hydrogen) atoms. The third-order valence-corrected chi connectivity index (χ3v) is 5.82. The van der Waals surface area contributed by atoms with Crippen LogP contribution in [0.4, 0.5) is 0 Å². The number of H-pyrrole nitrogens is 1. The Bertz CT molecular complexity index is 932. The Morgan fingerprint density at radius 1 is 0.900 bits per heavy atom. The molecular weight excluding hydrogens is 398 g/mol. The van der Waals surface area contributed by atoms with Gasteiger partial charge in [-0.15, -0.1) is 0 Å². The van der Waals surface area contributed by atoms with E-state index in [0.29, 0.717) is 6.54 Å². The summed E-state index contributed by atoms with van der Waals surface area (Å²) in [5.74, 6) is 0.359. The number of imidazole rings is 1.